The smallest absolute Gasteiger partial charge is 0.316 e. The van der Waals surface area contributed by atoms with Gasteiger partial charge in [-0.2, -0.15) is 0 Å². The first kappa shape index (κ1) is 15.1. The van der Waals surface area contributed by atoms with E-state index in [-0.39, 0.29) is 0 Å². The molecule has 4 nitrogen and oxygen atoms in total. The van der Waals surface area contributed by atoms with Crippen LogP contribution in [0.25, 0.3) is 0 Å². The van der Waals surface area contributed by atoms with E-state index in [9.17, 15) is 9.59 Å². The molecule has 2 rings (SSSR count). The number of rotatable bonds is 2. The van der Waals surface area contributed by atoms with Gasteiger partial charge < -0.3 is 10.2 Å². The second-order valence-corrected chi connectivity index (χ2v) is 5.05. The highest BCUT2D eigenvalue weighted by atomic mass is 35.5. The molecule has 21 heavy (non-hydrogen) atoms. The summed E-state index contributed by atoms with van der Waals surface area (Å²) in [5, 5.41) is 3.09. The van der Waals surface area contributed by atoms with Crippen LogP contribution in [0.5, 0.6) is 0 Å². The molecular weight excluding hydrogens is 288 g/mol. The van der Waals surface area contributed by atoms with Gasteiger partial charge in [0.2, 0.25) is 0 Å². The van der Waals surface area contributed by atoms with E-state index in [1.807, 2.05) is 13.0 Å². The number of hydrogen-bond donors (Lipinski definition) is 1. The molecule has 0 bridgehead atoms. The summed E-state index contributed by atoms with van der Waals surface area (Å²) < 4.78 is 0. The van der Waals surface area contributed by atoms with Crippen molar-refractivity contribution in [1.82, 2.24) is 0 Å². The predicted molar refractivity (Wildman–Crippen MR) is 84.7 cm³/mol. The summed E-state index contributed by atoms with van der Waals surface area (Å²) in [6, 6.07) is 14.1. The van der Waals surface area contributed by atoms with E-state index < -0.39 is 11.8 Å². The number of para-hydroxylation sites is 1. The third kappa shape index (κ3) is 3.61. The molecule has 0 saturated heterocycles. The fraction of sp³-hybridized carbons (Fsp3) is 0.125. The molecule has 0 aliphatic carbocycles. The Hall–Kier alpha value is -2.33. The lowest BCUT2D eigenvalue weighted by Gasteiger charge is -2.17. The Morgan fingerprint density at radius 2 is 1.76 bits per heavy atom. The number of carbonyl (C=O) groups is 2. The van der Waals surface area contributed by atoms with Crippen molar-refractivity contribution in [2.75, 3.05) is 17.3 Å². The first-order valence-corrected chi connectivity index (χ1v) is 6.77. The second-order valence-electron chi connectivity index (χ2n) is 4.61. The summed E-state index contributed by atoms with van der Waals surface area (Å²) in [5.41, 5.74) is 2.02. The molecule has 0 atom stereocenters. The summed E-state index contributed by atoms with van der Waals surface area (Å²) in [7, 11) is 1.56. The number of halogens is 1. The highest BCUT2D eigenvalue weighted by Gasteiger charge is 2.20. The van der Waals surface area contributed by atoms with Crippen molar-refractivity contribution >= 4 is 34.8 Å². The van der Waals surface area contributed by atoms with Crippen molar-refractivity contribution in [3.05, 3.63) is 59.1 Å². The fourth-order valence-electron chi connectivity index (χ4n) is 1.83. The summed E-state index contributed by atoms with van der Waals surface area (Å²) in [4.78, 5) is 25.5. The Morgan fingerprint density at radius 1 is 1.10 bits per heavy atom. The summed E-state index contributed by atoms with van der Waals surface area (Å²) in [5.74, 6) is -1.34. The molecule has 2 aromatic carbocycles. The average molecular weight is 303 g/mol. The minimum Gasteiger partial charge on any atom is -0.317 e. The normalized spacial score (nSPS) is 10.0. The van der Waals surface area contributed by atoms with Crippen LogP contribution in [0.2, 0.25) is 5.02 Å². The van der Waals surface area contributed by atoms with Gasteiger partial charge in [-0.05, 0) is 36.8 Å². The number of benzene rings is 2. The lowest BCUT2D eigenvalue weighted by Crippen LogP contribution is -2.37. The lowest BCUT2D eigenvalue weighted by atomic mass is 10.2. The zero-order chi connectivity index (χ0) is 15.4. The van der Waals surface area contributed by atoms with Gasteiger partial charge >= 0.3 is 11.8 Å². The van der Waals surface area contributed by atoms with E-state index >= 15 is 0 Å². The summed E-state index contributed by atoms with van der Waals surface area (Å²) in [6.45, 7) is 1.83. The van der Waals surface area contributed by atoms with Gasteiger partial charge in [0.05, 0.1) is 0 Å². The highest BCUT2D eigenvalue weighted by molar-refractivity contribution is 6.44. The Kier molecular flexibility index (Phi) is 4.60. The second kappa shape index (κ2) is 6.41. The van der Waals surface area contributed by atoms with Crippen molar-refractivity contribution in [1.29, 1.82) is 0 Å². The standard InChI is InChI=1S/C16H15ClN2O2/c1-11-8-9-12(17)10-14(11)18-15(20)16(21)19(2)13-6-4-3-5-7-13/h3-10H,1-2H3,(H,18,20). The molecule has 2 amide bonds. The van der Waals surface area contributed by atoms with Gasteiger partial charge in [0, 0.05) is 23.4 Å². The SMILES string of the molecule is Cc1ccc(Cl)cc1NC(=O)C(=O)N(C)c1ccccc1. The minimum atomic E-state index is -0.702. The third-order valence-corrected chi connectivity index (χ3v) is 3.33. The van der Waals surface area contributed by atoms with E-state index in [4.69, 9.17) is 11.6 Å². The number of hydrogen-bond acceptors (Lipinski definition) is 2. The topological polar surface area (TPSA) is 49.4 Å². The van der Waals surface area contributed by atoms with Crippen molar-refractivity contribution < 1.29 is 9.59 Å². The Labute approximate surface area is 128 Å². The first-order chi connectivity index (χ1) is 9.99. The van der Waals surface area contributed by atoms with E-state index in [1.54, 1.807) is 49.5 Å². The largest absolute Gasteiger partial charge is 0.317 e. The van der Waals surface area contributed by atoms with E-state index in [2.05, 4.69) is 5.32 Å². The van der Waals surface area contributed by atoms with Crippen LogP contribution in [-0.2, 0) is 9.59 Å². The van der Waals surface area contributed by atoms with Crippen LogP contribution >= 0.6 is 11.6 Å². The molecule has 0 aliphatic rings. The van der Waals surface area contributed by atoms with Crippen LogP contribution in [0.1, 0.15) is 5.56 Å². The molecule has 2 aromatic rings. The molecule has 0 aromatic heterocycles. The number of anilines is 2. The van der Waals surface area contributed by atoms with Crippen LogP contribution in [0, 0.1) is 6.92 Å². The maximum absolute atomic E-state index is 12.1. The van der Waals surface area contributed by atoms with Gasteiger partial charge in [0.1, 0.15) is 0 Å². The van der Waals surface area contributed by atoms with Crippen molar-refractivity contribution in [2.24, 2.45) is 0 Å². The van der Waals surface area contributed by atoms with Crippen molar-refractivity contribution in [3.8, 4) is 0 Å². The van der Waals surface area contributed by atoms with Gasteiger partial charge in [0.25, 0.3) is 0 Å². The Balaban J connectivity index is 2.13. The molecule has 0 aliphatic heterocycles. The maximum Gasteiger partial charge on any atom is 0.316 e. The molecule has 0 spiro atoms. The van der Waals surface area contributed by atoms with Crippen LogP contribution in [0.15, 0.2) is 48.5 Å². The number of amides is 2. The van der Waals surface area contributed by atoms with E-state index in [1.165, 1.54) is 4.90 Å². The fourth-order valence-corrected chi connectivity index (χ4v) is 2.00. The van der Waals surface area contributed by atoms with Crippen LogP contribution in [0.4, 0.5) is 11.4 Å². The molecule has 5 heteroatoms. The molecule has 0 fully saturated rings. The Morgan fingerprint density at radius 3 is 2.43 bits per heavy atom. The van der Waals surface area contributed by atoms with Gasteiger partial charge in [-0.1, -0.05) is 35.9 Å². The predicted octanol–water partition coefficient (Wildman–Crippen LogP) is 3.25. The molecule has 0 saturated carbocycles. The molecule has 108 valence electrons. The van der Waals surface area contributed by atoms with Crippen molar-refractivity contribution in [3.63, 3.8) is 0 Å². The minimum absolute atomic E-state index is 0.500. The average Bonchev–Trinajstić information content (AvgIpc) is 2.50. The number of nitrogens with one attached hydrogen (secondary N) is 1. The molecule has 0 unspecified atom stereocenters. The lowest BCUT2D eigenvalue weighted by molar-refractivity contribution is -0.134. The first-order valence-electron chi connectivity index (χ1n) is 6.39. The van der Waals surface area contributed by atoms with Crippen LogP contribution in [-0.4, -0.2) is 18.9 Å². The van der Waals surface area contributed by atoms with Crippen molar-refractivity contribution in [2.45, 2.75) is 6.92 Å². The van der Waals surface area contributed by atoms with E-state index in [0.29, 0.717) is 16.4 Å². The van der Waals surface area contributed by atoms with Crippen LogP contribution in [0.3, 0.4) is 0 Å². The van der Waals surface area contributed by atoms with Crippen LogP contribution < -0.4 is 10.2 Å². The molecular formula is C16H15ClN2O2. The number of carbonyl (C=O) groups excluding carboxylic acids is 2. The zero-order valence-corrected chi connectivity index (χ0v) is 12.5. The summed E-state index contributed by atoms with van der Waals surface area (Å²) >= 11 is 5.89. The van der Waals surface area contributed by atoms with Gasteiger partial charge in [-0.25, -0.2) is 0 Å². The van der Waals surface area contributed by atoms with Gasteiger partial charge in [-0.15, -0.1) is 0 Å². The number of aryl methyl sites for hydroxylation is 1. The monoisotopic (exact) mass is 302 g/mol. The Bertz CT molecular complexity index is 671. The van der Waals surface area contributed by atoms with Gasteiger partial charge in [-0.3, -0.25) is 9.59 Å². The highest BCUT2D eigenvalue weighted by Crippen LogP contribution is 2.20. The van der Waals surface area contributed by atoms with E-state index in [0.717, 1.165) is 5.56 Å². The molecule has 0 radical (unpaired) electrons. The molecule has 0 heterocycles. The summed E-state index contributed by atoms with van der Waals surface area (Å²) in [6.07, 6.45) is 0. The quantitative estimate of drug-likeness (QED) is 0.866. The number of likely N-dealkylation sites (N-methyl/N-ethyl adjacent to an activating group) is 1. The third-order valence-electron chi connectivity index (χ3n) is 3.09. The van der Waals surface area contributed by atoms with Gasteiger partial charge in [0.15, 0.2) is 0 Å². The maximum atomic E-state index is 12.1. The zero-order valence-electron chi connectivity index (χ0n) is 11.8. The molecule has 1 N–H and O–H groups in total. The number of nitrogens with zero attached hydrogens (tertiary/aromatic N) is 1.